The zero-order valence-corrected chi connectivity index (χ0v) is 11.9. The lowest BCUT2D eigenvalue weighted by molar-refractivity contribution is -0.134. The summed E-state index contributed by atoms with van der Waals surface area (Å²) >= 11 is 0. The van der Waals surface area contributed by atoms with Crippen molar-refractivity contribution in [3.63, 3.8) is 0 Å². The zero-order valence-electron chi connectivity index (χ0n) is 11.9. The number of carbonyl (C=O) groups excluding carboxylic acids is 1. The van der Waals surface area contributed by atoms with Crippen LogP contribution in [-0.2, 0) is 4.79 Å². The molecule has 21 heavy (non-hydrogen) atoms. The van der Waals surface area contributed by atoms with Crippen molar-refractivity contribution in [3.05, 3.63) is 23.8 Å². The van der Waals surface area contributed by atoms with Crippen molar-refractivity contribution in [2.75, 3.05) is 45.6 Å². The number of carbonyl (C=O) groups is 2. The molecule has 0 bridgehead atoms. The molecule has 1 aliphatic rings. The van der Waals surface area contributed by atoms with Crippen molar-refractivity contribution in [3.8, 4) is 5.75 Å². The Morgan fingerprint density at radius 1 is 1.29 bits per heavy atom. The molecule has 0 atom stereocenters. The molecule has 1 fully saturated rings. The highest BCUT2D eigenvalue weighted by Crippen LogP contribution is 2.26. The van der Waals surface area contributed by atoms with Gasteiger partial charge in [-0.05, 0) is 19.2 Å². The van der Waals surface area contributed by atoms with E-state index in [1.54, 1.807) is 11.0 Å². The standard InChI is InChI=1S/C14H19N3O4/c1-16-5-7-17(8-6-16)12(18)9-21-13-10(14(19)20)3-2-4-11(13)15/h2-4H,5-9,15H2,1H3,(H,19,20). The summed E-state index contributed by atoms with van der Waals surface area (Å²) in [7, 11) is 2.00. The van der Waals surface area contributed by atoms with E-state index in [2.05, 4.69) is 4.90 Å². The number of benzene rings is 1. The number of amides is 1. The average Bonchev–Trinajstić information content (AvgIpc) is 2.46. The highest BCUT2D eigenvalue weighted by Gasteiger charge is 2.21. The highest BCUT2D eigenvalue weighted by atomic mass is 16.5. The first-order valence-corrected chi connectivity index (χ1v) is 6.70. The number of rotatable bonds is 4. The van der Waals surface area contributed by atoms with E-state index >= 15 is 0 Å². The normalized spacial score (nSPS) is 15.8. The molecule has 1 saturated heterocycles. The number of hydrogen-bond acceptors (Lipinski definition) is 5. The average molecular weight is 293 g/mol. The summed E-state index contributed by atoms with van der Waals surface area (Å²) in [5.41, 5.74) is 5.89. The van der Waals surface area contributed by atoms with Crippen LogP contribution in [0.15, 0.2) is 18.2 Å². The molecule has 7 heteroatoms. The monoisotopic (exact) mass is 293 g/mol. The summed E-state index contributed by atoms with van der Waals surface area (Å²) in [4.78, 5) is 27.0. The third-order valence-corrected chi connectivity index (χ3v) is 3.47. The van der Waals surface area contributed by atoms with E-state index in [4.69, 9.17) is 15.6 Å². The number of likely N-dealkylation sites (N-methyl/N-ethyl adjacent to an activating group) is 1. The maximum atomic E-state index is 12.1. The van der Waals surface area contributed by atoms with Gasteiger partial charge in [-0.15, -0.1) is 0 Å². The lowest BCUT2D eigenvalue weighted by Crippen LogP contribution is -2.48. The van der Waals surface area contributed by atoms with Crippen molar-refractivity contribution in [2.24, 2.45) is 0 Å². The Morgan fingerprint density at radius 3 is 2.57 bits per heavy atom. The first-order chi connectivity index (χ1) is 9.99. The molecule has 3 N–H and O–H groups in total. The first kappa shape index (κ1) is 15.1. The number of nitrogen functional groups attached to an aromatic ring is 1. The molecule has 0 unspecified atom stereocenters. The summed E-state index contributed by atoms with van der Waals surface area (Å²) < 4.78 is 5.36. The summed E-state index contributed by atoms with van der Waals surface area (Å²) in [5.74, 6) is -1.25. The topological polar surface area (TPSA) is 96.1 Å². The number of carboxylic acid groups (broad SMARTS) is 1. The number of carboxylic acids is 1. The SMILES string of the molecule is CN1CCN(C(=O)COc2c(N)cccc2C(=O)O)CC1. The molecule has 0 aliphatic carbocycles. The number of hydrogen-bond donors (Lipinski definition) is 2. The summed E-state index contributed by atoms with van der Waals surface area (Å²) in [6, 6.07) is 4.48. The summed E-state index contributed by atoms with van der Waals surface area (Å²) in [6.45, 7) is 2.72. The van der Waals surface area contributed by atoms with Crippen LogP contribution in [-0.4, -0.2) is 66.6 Å². The van der Waals surface area contributed by atoms with Gasteiger partial charge in [-0.3, -0.25) is 4.79 Å². The molecule has 1 heterocycles. The van der Waals surface area contributed by atoms with E-state index in [0.29, 0.717) is 13.1 Å². The number of anilines is 1. The predicted octanol–water partition coefficient (Wildman–Crippen LogP) is 0.120. The molecule has 0 saturated carbocycles. The minimum atomic E-state index is -1.13. The van der Waals surface area contributed by atoms with Gasteiger partial charge in [0.25, 0.3) is 5.91 Å². The molecule has 7 nitrogen and oxygen atoms in total. The number of aromatic carboxylic acids is 1. The van der Waals surface area contributed by atoms with Gasteiger partial charge in [0.15, 0.2) is 12.4 Å². The van der Waals surface area contributed by atoms with E-state index in [9.17, 15) is 9.59 Å². The second-order valence-electron chi connectivity index (χ2n) is 5.00. The van der Waals surface area contributed by atoms with Crippen LogP contribution in [0.25, 0.3) is 0 Å². The van der Waals surface area contributed by atoms with Crippen molar-refractivity contribution >= 4 is 17.6 Å². The third-order valence-electron chi connectivity index (χ3n) is 3.47. The number of nitrogens with zero attached hydrogens (tertiary/aromatic N) is 2. The molecule has 0 aromatic heterocycles. The minimum absolute atomic E-state index is 0.0406. The van der Waals surface area contributed by atoms with E-state index in [-0.39, 0.29) is 29.5 Å². The molecular weight excluding hydrogens is 274 g/mol. The van der Waals surface area contributed by atoms with Gasteiger partial charge in [0.05, 0.1) is 5.69 Å². The maximum Gasteiger partial charge on any atom is 0.339 e. The lowest BCUT2D eigenvalue weighted by Gasteiger charge is -2.32. The second kappa shape index (κ2) is 6.45. The van der Waals surface area contributed by atoms with Crippen LogP contribution >= 0.6 is 0 Å². The van der Waals surface area contributed by atoms with Gasteiger partial charge < -0.3 is 25.4 Å². The fraction of sp³-hybridized carbons (Fsp3) is 0.429. The Kier molecular flexibility index (Phi) is 4.64. The van der Waals surface area contributed by atoms with Gasteiger partial charge in [-0.2, -0.15) is 0 Å². The van der Waals surface area contributed by atoms with Crippen molar-refractivity contribution < 1.29 is 19.4 Å². The predicted molar refractivity (Wildman–Crippen MR) is 77.4 cm³/mol. The second-order valence-corrected chi connectivity index (χ2v) is 5.00. The number of ether oxygens (including phenoxy) is 1. The van der Waals surface area contributed by atoms with Crippen LogP contribution in [0.1, 0.15) is 10.4 Å². The fourth-order valence-corrected chi connectivity index (χ4v) is 2.17. The zero-order chi connectivity index (χ0) is 15.4. The van der Waals surface area contributed by atoms with Gasteiger partial charge >= 0.3 is 5.97 Å². The van der Waals surface area contributed by atoms with Gasteiger partial charge in [0.2, 0.25) is 0 Å². The quantitative estimate of drug-likeness (QED) is 0.766. The molecule has 1 aromatic rings. The van der Waals surface area contributed by atoms with E-state index < -0.39 is 5.97 Å². The minimum Gasteiger partial charge on any atom is -0.481 e. The van der Waals surface area contributed by atoms with Gasteiger partial charge in [-0.25, -0.2) is 4.79 Å². The molecule has 0 radical (unpaired) electrons. The Balaban J connectivity index is 2.00. The molecule has 1 aliphatic heterocycles. The van der Waals surface area contributed by atoms with Crippen LogP contribution in [0.2, 0.25) is 0 Å². The van der Waals surface area contributed by atoms with E-state index in [1.807, 2.05) is 7.05 Å². The number of piperazine rings is 1. The largest absolute Gasteiger partial charge is 0.481 e. The highest BCUT2D eigenvalue weighted by molar-refractivity contribution is 5.93. The van der Waals surface area contributed by atoms with Crippen LogP contribution in [0.5, 0.6) is 5.75 Å². The van der Waals surface area contributed by atoms with Crippen LogP contribution in [0.4, 0.5) is 5.69 Å². The van der Waals surface area contributed by atoms with Crippen LogP contribution in [0.3, 0.4) is 0 Å². The Hall–Kier alpha value is -2.28. The number of para-hydroxylation sites is 1. The Morgan fingerprint density at radius 2 is 1.95 bits per heavy atom. The molecule has 0 spiro atoms. The summed E-state index contributed by atoms with van der Waals surface area (Å²) in [5, 5.41) is 9.10. The fourth-order valence-electron chi connectivity index (χ4n) is 2.17. The third kappa shape index (κ3) is 3.63. The van der Waals surface area contributed by atoms with Crippen LogP contribution in [0, 0.1) is 0 Å². The summed E-state index contributed by atoms with van der Waals surface area (Å²) in [6.07, 6.45) is 0. The van der Waals surface area contributed by atoms with Crippen LogP contribution < -0.4 is 10.5 Å². The van der Waals surface area contributed by atoms with Crippen molar-refractivity contribution in [1.82, 2.24) is 9.80 Å². The Bertz CT molecular complexity index is 539. The van der Waals surface area contributed by atoms with E-state index in [1.165, 1.54) is 12.1 Å². The first-order valence-electron chi connectivity index (χ1n) is 6.70. The maximum absolute atomic E-state index is 12.1. The van der Waals surface area contributed by atoms with Gasteiger partial charge in [-0.1, -0.05) is 6.07 Å². The molecule has 114 valence electrons. The lowest BCUT2D eigenvalue weighted by atomic mass is 10.2. The van der Waals surface area contributed by atoms with E-state index in [0.717, 1.165) is 13.1 Å². The molecule has 1 aromatic carbocycles. The molecular formula is C14H19N3O4. The molecule has 1 amide bonds. The van der Waals surface area contributed by atoms with Crippen molar-refractivity contribution in [1.29, 1.82) is 0 Å². The number of nitrogens with two attached hydrogens (primary N) is 1. The smallest absolute Gasteiger partial charge is 0.339 e. The van der Waals surface area contributed by atoms with Crippen molar-refractivity contribution in [2.45, 2.75) is 0 Å². The molecule has 2 rings (SSSR count). The Labute approximate surface area is 122 Å². The van der Waals surface area contributed by atoms with Gasteiger partial charge in [0, 0.05) is 26.2 Å². The van der Waals surface area contributed by atoms with Gasteiger partial charge in [0.1, 0.15) is 5.56 Å².